The van der Waals surface area contributed by atoms with Gasteiger partial charge < -0.3 is 19.7 Å². The van der Waals surface area contributed by atoms with Crippen LogP contribution in [-0.2, 0) is 16.1 Å². The maximum Gasteiger partial charge on any atom is 0.414 e. The highest BCUT2D eigenvalue weighted by molar-refractivity contribution is 6.27. The number of carboxylic acid groups (broad SMARTS) is 2. The van der Waals surface area contributed by atoms with E-state index in [2.05, 4.69) is 24.8 Å². The molecular weight excluding hydrogens is 290 g/mol. The number of rotatable bonds is 6. The lowest BCUT2D eigenvalue weighted by Crippen LogP contribution is -2.22. The van der Waals surface area contributed by atoms with E-state index < -0.39 is 11.9 Å². The Morgan fingerprint density at radius 1 is 1.00 bits per heavy atom. The first kappa shape index (κ1) is 19.7. The summed E-state index contributed by atoms with van der Waals surface area (Å²) in [6, 6.07) is 6.08. The Balaban J connectivity index is 0.000000626. The van der Waals surface area contributed by atoms with E-state index in [-0.39, 0.29) is 0 Å². The van der Waals surface area contributed by atoms with Crippen molar-refractivity contribution in [3.05, 3.63) is 23.8 Å². The Kier molecular flexibility index (Phi) is 9.36. The van der Waals surface area contributed by atoms with Gasteiger partial charge in [0.05, 0.1) is 14.2 Å². The predicted octanol–water partition coefficient (Wildman–Crippen LogP) is 1.70. The Morgan fingerprint density at radius 3 is 1.86 bits per heavy atom. The third-order valence-corrected chi connectivity index (χ3v) is 2.93. The zero-order chi connectivity index (χ0) is 17.1. The summed E-state index contributed by atoms with van der Waals surface area (Å²) < 4.78 is 10.5. The van der Waals surface area contributed by atoms with E-state index in [4.69, 9.17) is 29.3 Å². The molecule has 0 amide bonds. The first-order valence-corrected chi connectivity index (χ1v) is 6.78. The molecule has 0 aliphatic heterocycles. The van der Waals surface area contributed by atoms with E-state index in [1.807, 2.05) is 12.1 Å². The average molecular weight is 313 g/mol. The van der Waals surface area contributed by atoms with Crippen molar-refractivity contribution in [3.63, 3.8) is 0 Å². The van der Waals surface area contributed by atoms with Crippen molar-refractivity contribution in [1.82, 2.24) is 4.90 Å². The minimum Gasteiger partial charge on any atom is -0.493 e. The first-order chi connectivity index (χ1) is 10.4. The van der Waals surface area contributed by atoms with Crippen LogP contribution in [0.3, 0.4) is 0 Å². The topological polar surface area (TPSA) is 96.3 Å². The number of hydrogen-bond acceptors (Lipinski definition) is 5. The molecule has 0 aliphatic rings. The van der Waals surface area contributed by atoms with Crippen molar-refractivity contribution < 1.29 is 29.3 Å². The van der Waals surface area contributed by atoms with Crippen LogP contribution in [0, 0.1) is 0 Å². The molecule has 1 rings (SSSR count). The molecule has 0 aliphatic carbocycles. The fraction of sp³-hybridized carbons (Fsp3) is 0.467. The van der Waals surface area contributed by atoms with E-state index in [0.717, 1.165) is 31.1 Å². The SMILES string of the molecule is CCN(CC)Cc1ccc(OC)c(OC)c1.O=C(O)C(=O)O. The van der Waals surface area contributed by atoms with Crippen molar-refractivity contribution in [3.8, 4) is 11.5 Å². The molecule has 0 aromatic heterocycles. The van der Waals surface area contributed by atoms with E-state index in [1.54, 1.807) is 14.2 Å². The van der Waals surface area contributed by atoms with Gasteiger partial charge in [0, 0.05) is 6.54 Å². The molecule has 7 heteroatoms. The second kappa shape index (κ2) is 10.4. The Labute approximate surface area is 130 Å². The van der Waals surface area contributed by atoms with Crippen LogP contribution in [0.5, 0.6) is 11.5 Å². The first-order valence-electron chi connectivity index (χ1n) is 6.78. The van der Waals surface area contributed by atoms with Gasteiger partial charge in [0.15, 0.2) is 11.5 Å². The molecule has 0 spiro atoms. The number of carbonyl (C=O) groups is 2. The lowest BCUT2D eigenvalue weighted by Gasteiger charge is -2.18. The molecule has 0 saturated carbocycles. The van der Waals surface area contributed by atoms with Gasteiger partial charge in [-0.3, -0.25) is 4.90 Å². The van der Waals surface area contributed by atoms with Crippen LogP contribution in [0.2, 0.25) is 0 Å². The molecule has 0 unspecified atom stereocenters. The van der Waals surface area contributed by atoms with Crippen molar-refractivity contribution in [1.29, 1.82) is 0 Å². The smallest absolute Gasteiger partial charge is 0.414 e. The largest absolute Gasteiger partial charge is 0.493 e. The number of nitrogens with zero attached hydrogens (tertiary/aromatic N) is 1. The normalized spacial score (nSPS) is 9.68. The lowest BCUT2D eigenvalue weighted by atomic mass is 10.2. The molecule has 0 bridgehead atoms. The minimum atomic E-state index is -1.82. The summed E-state index contributed by atoms with van der Waals surface area (Å²) >= 11 is 0. The fourth-order valence-corrected chi connectivity index (χ4v) is 1.68. The van der Waals surface area contributed by atoms with Crippen LogP contribution in [0.25, 0.3) is 0 Å². The Hall–Kier alpha value is -2.28. The predicted molar refractivity (Wildman–Crippen MR) is 81.4 cm³/mol. The lowest BCUT2D eigenvalue weighted by molar-refractivity contribution is -0.159. The zero-order valence-corrected chi connectivity index (χ0v) is 13.3. The molecule has 0 radical (unpaired) electrons. The maximum atomic E-state index is 9.10. The third kappa shape index (κ3) is 6.94. The summed E-state index contributed by atoms with van der Waals surface area (Å²) in [5.41, 5.74) is 1.25. The van der Waals surface area contributed by atoms with Crippen molar-refractivity contribution in [2.75, 3.05) is 27.3 Å². The van der Waals surface area contributed by atoms with Gasteiger partial charge in [-0.2, -0.15) is 0 Å². The summed E-state index contributed by atoms with van der Waals surface area (Å²) in [5, 5.41) is 14.8. The van der Waals surface area contributed by atoms with Crippen LogP contribution >= 0.6 is 0 Å². The highest BCUT2D eigenvalue weighted by Gasteiger charge is 2.06. The highest BCUT2D eigenvalue weighted by atomic mass is 16.5. The van der Waals surface area contributed by atoms with Crippen LogP contribution < -0.4 is 9.47 Å². The molecule has 0 atom stereocenters. The second-order valence-electron chi connectivity index (χ2n) is 4.26. The number of ether oxygens (including phenoxy) is 2. The van der Waals surface area contributed by atoms with Gasteiger partial charge in [-0.15, -0.1) is 0 Å². The number of hydrogen-bond donors (Lipinski definition) is 2. The van der Waals surface area contributed by atoms with Gasteiger partial charge in [-0.25, -0.2) is 9.59 Å². The Bertz CT molecular complexity index is 473. The van der Waals surface area contributed by atoms with Gasteiger partial charge in [0.25, 0.3) is 0 Å². The quantitative estimate of drug-likeness (QED) is 0.772. The molecule has 0 fully saturated rings. The van der Waals surface area contributed by atoms with E-state index in [0.29, 0.717) is 0 Å². The molecule has 1 aromatic rings. The fourth-order valence-electron chi connectivity index (χ4n) is 1.68. The monoisotopic (exact) mass is 313 g/mol. The van der Waals surface area contributed by atoms with Crippen LogP contribution in [0.1, 0.15) is 19.4 Å². The Morgan fingerprint density at radius 2 is 1.50 bits per heavy atom. The van der Waals surface area contributed by atoms with Gasteiger partial charge in [0.2, 0.25) is 0 Å². The summed E-state index contributed by atoms with van der Waals surface area (Å²) in [5.74, 6) is -2.07. The third-order valence-electron chi connectivity index (χ3n) is 2.93. The van der Waals surface area contributed by atoms with Crippen molar-refractivity contribution >= 4 is 11.9 Å². The highest BCUT2D eigenvalue weighted by Crippen LogP contribution is 2.27. The standard InChI is InChI=1S/C13H21NO2.C2H2O4/c1-5-14(6-2)10-11-7-8-12(15-3)13(9-11)16-4;3-1(4)2(5)6/h7-9H,5-6,10H2,1-4H3;(H,3,4)(H,5,6). The summed E-state index contributed by atoms with van der Waals surface area (Å²) in [6.07, 6.45) is 0. The second-order valence-corrected chi connectivity index (χ2v) is 4.26. The molecule has 0 heterocycles. The molecule has 2 N–H and O–H groups in total. The summed E-state index contributed by atoms with van der Waals surface area (Å²) in [6.45, 7) is 7.41. The summed E-state index contributed by atoms with van der Waals surface area (Å²) in [4.78, 5) is 20.6. The maximum absolute atomic E-state index is 9.10. The molecule has 0 saturated heterocycles. The molecule has 22 heavy (non-hydrogen) atoms. The van der Waals surface area contributed by atoms with Crippen LogP contribution in [0.15, 0.2) is 18.2 Å². The summed E-state index contributed by atoms with van der Waals surface area (Å²) in [7, 11) is 3.32. The van der Waals surface area contributed by atoms with Crippen LogP contribution in [0.4, 0.5) is 0 Å². The van der Waals surface area contributed by atoms with E-state index >= 15 is 0 Å². The van der Waals surface area contributed by atoms with Gasteiger partial charge in [0.1, 0.15) is 0 Å². The van der Waals surface area contributed by atoms with Crippen LogP contribution in [-0.4, -0.2) is 54.4 Å². The van der Waals surface area contributed by atoms with Gasteiger partial charge >= 0.3 is 11.9 Å². The molecule has 7 nitrogen and oxygen atoms in total. The zero-order valence-electron chi connectivity index (χ0n) is 13.3. The van der Waals surface area contributed by atoms with E-state index in [9.17, 15) is 0 Å². The van der Waals surface area contributed by atoms with Gasteiger partial charge in [-0.1, -0.05) is 19.9 Å². The number of methoxy groups -OCH3 is 2. The van der Waals surface area contributed by atoms with Gasteiger partial charge in [-0.05, 0) is 30.8 Å². The molecular formula is C15H23NO6. The van der Waals surface area contributed by atoms with Crippen molar-refractivity contribution in [2.45, 2.75) is 20.4 Å². The average Bonchev–Trinajstić information content (AvgIpc) is 2.52. The molecule has 124 valence electrons. The number of carboxylic acids is 2. The molecule has 1 aromatic carbocycles. The minimum absolute atomic E-state index is 0.783. The van der Waals surface area contributed by atoms with E-state index in [1.165, 1.54) is 5.56 Å². The number of benzene rings is 1. The number of aliphatic carboxylic acids is 2. The van der Waals surface area contributed by atoms with Crippen molar-refractivity contribution in [2.24, 2.45) is 0 Å².